The third kappa shape index (κ3) is 4.82. The lowest BCUT2D eigenvalue weighted by Gasteiger charge is -2.20. The summed E-state index contributed by atoms with van der Waals surface area (Å²) in [7, 11) is 4.78. The first-order valence-corrected chi connectivity index (χ1v) is 9.34. The van der Waals surface area contributed by atoms with Crippen LogP contribution in [0.25, 0.3) is 5.69 Å². The molecule has 0 bridgehead atoms. The molecule has 31 heavy (non-hydrogen) atoms. The van der Waals surface area contributed by atoms with Crippen molar-refractivity contribution in [3.63, 3.8) is 0 Å². The molecule has 0 saturated heterocycles. The molecule has 0 aliphatic heterocycles. The number of carbonyl (C=O) groups excluding carboxylic acids is 1. The number of rotatable bonds is 6. The number of aromatic nitrogens is 2. The largest absolute Gasteiger partial charge is 0.493 e. The van der Waals surface area contributed by atoms with Crippen LogP contribution < -0.4 is 9.47 Å². The Morgan fingerprint density at radius 3 is 2.23 bits per heavy atom. The highest BCUT2D eigenvalue weighted by molar-refractivity contribution is 5.94. The highest BCUT2D eigenvalue weighted by atomic mass is 19.4. The molecule has 3 rings (SSSR count). The molecule has 9 heteroatoms. The number of hydrogen-bond donors (Lipinski definition) is 0. The first-order valence-electron chi connectivity index (χ1n) is 9.34. The van der Waals surface area contributed by atoms with Gasteiger partial charge in [-0.25, -0.2) is 4.68 Å². The number of carbonyl (C=O) groups is 1. The molecule has 1 heterocycles. The topological polar surface area (TPSA) is 56.6 Å². The maximum atomic E-state index is 12.8. The lowest BCUT2D eigenvalue weighted by molar-refractivity contribution is -0.141. The van der Waals surface area contributed by atoms with Crippen LogP contribution in [0.5, 0.6) is 11.5 Å². The average Bonchev–Trinajstić information content (AvgIpc) is 3.25. The van der Waals surface area contributed by atoms with Gasteiger partial charge in [0.05, 0.1) is 19.9 Å². The summed E-state index contributed by atoms with van der Waals surface area (Å²) in [5.41, 5.74) is 1.71. The second kappa shape index (κ2) is 8.71. The van der Waals surface area contributed by atoms with Gasteiger partial charge in [0.1, 0.15) is 0 Å². The van der Waals surface area contributed by atoms with Crippen molar-refractivity contribution in [2.75, 3.05) is 21.3 Å². The quantitative estimate of drug-likeness (QED) is 0.575. The van der Waals surface area contributed by atoms with E-state index >= 15 is 0 Å². The molecule has 3 aromatic rings. The van der Waals surface area contributed by atoms with Gasteiger partial charge in [-0.05, 0) is 60.5 Å². The summed E-state index contributed by atoms with van der Waals surface area (Å²) in [5.74, 6) is 0.962. The van der Waals surface area contributed by atoms with Crippen LogP contribution in [0, 0.1) is 6.92 Å². The van der Waals surface area contributed by atoms with Gasteiger partial charge in [-0.15, -0.1) is 0 Å². The van der Waals surface area contributed by atoms with Gasteiger partial charge in [-0.1, -0.05) is 0 Å². The fraction of sp³-hybridized carbons (Fsp3) is 0.273. The molecule has 164 valence electrons. The van der Waals surface area contributed by atoms with Gasteiger partial charge in [0.25, 0.3) is 5.91 Å². The number of amides is 1. The predicted molar refractivity (Wildman–Crippen MR) is 109 cm³/mol. The highest BCUT2D eigenvalue weighted by Crippen LogP contribution is 2.31. The van der Waals surface area contributed by atoms with Gasteiger partial charge in [-0.3, -0.25) is 4.79 Å². The number of ether oxygens (including phenoxy) is 2. The number of methoxy groups -OCH3 is 2. The zero-order valence-electron chi connectivity index (χ0n) is 17.5. The molecule has 0 radical (unpaired) electrons. The van der Waals surface area contributed by atoms with E-state index < -0.39 is 11.9 Å². The van der Waals surface area contributed by atoms with E-state index in [-0.39, 0.29) is 5.91 Å². The van der Waals surface area contributed by atoms with Gasteiger partial charge in [0.15, 0.2) is 17.2 Å². The van der Waals surface area contributed by atoms with Crippen LogP contribution in [0.3, 0.4) is 0 Å². The smallest absolute Gasteiger partial charge is 0.435 e. The van der Waals surface area contributed by atoms with Crippen LogP contribution in [0.4, 0.5) is 13.2 Å². The summed E-state index contributed by atoms with van der Waals surface area (Å²) in [6.07, 6.45) is -3.28. The summed E-state index contributed by atoms with van der Waals surface area (Å²) in [6, 6.07) is 10.8. The zero-order chi connectivity index (χ0) is 22.8. The van der Waals surface area contributed by atoms with E-state index in [9.17, 15) is 18.0 Å². The van der Waals surface area contributed by atoms with Crippen molar-refractivity contribution in [3.8, 4) is 17.2 Å². The van der Waals surface area contributed by atoms with Crippen molar-refractivity contribution in [3.05, 3.63) is 71.0 Å². The SMILES string of the molecule is COc1cc(C)c(CN(C)C(=O)c2ccc(-n3ccc(C(F)(F)F)n3)cc2)cc1OC. The van der Waals surface area contributed by atoms with Crippen molar-refractivity contribution in [2.45, 2.75) is 19.6 Å². The molecule has 0 aliphatic rings. The Morgan fingerprint density at radius 1 is 1.06 bits per heavy atom. The summed E-state index contributed by atoms with van der Waals surface area (Å²) in [4.78, 5) is 14.4. The van der Waals surface area contributed by atoms with Crippen LogP contribution in [-0.2, 0) is 12.7 Å². The first-order chi connectivity index (χ1) is 14.6. The van der Waals surface area contributed by atoms with E-state index in [2.05, 4.69) is 5.10 Å². The Morgan fingerprint density at radius 2 is 1.68 bits per heavy atom. The fourth-order valence-corrected chi connectivity index (χ4v) is 3.12. The standard InChI is InChI=1S/C22H22F3N3O3/c1-14-11-18(30-3)19(31-4)12-16(14)13-27(2)21(29)15-5-7-17(8-6-15)28-10-9-20(26-28)22(23,24)25/h5-12H,13H2,1-4H3. The van der Waals surface area contributed by atoms with Crippen molar-refractivity contribution in [1.82, 2.24) is 14.7 Å². The number of halogens is 3. The van der Waals surface area contributed by atoms with E-state index in [4.69, 9.17) is 9.47 Å². The molecule has 1 amide bonds. The first kappa shape index (κ1) is 22.2. The van der Waals surface area contributed by atoms with Gasteiger partial charge in [0, 0.05) is 25.4 Å². The number of alkyl halides is 3. The van der Waals surface area contributed by atoms with Crippen molar-refractivity contribution in [1.29, 1.82) is 0 Å². The van der Waals surface area contributed by atoms with E-state index in [1.165, 1.54) is 6.20 Å². The summed E-state index contributed by atoms with van der Waals surface area (Å²) in [6.45, 7) is 2.27. The lowest BCUT2D eigenvalue weighted by atomic mass is 10.1. The number of aryl methyl sites for hydroxylation is 1. The third-order valence-corrected chi connectivity index (χ3v) is 4.85. The van der Waals surface area contributed by atoms with Crippen LogP contribution in [-0.4, -0.2) is 41.9 Å². The van der Waals surface area contributed by atoms with E-state index in [0.29, 0.717) is 29.3 Å². The molecule has 6 nitrogen and oxygen atoms in total. The van der Waals surface area contributed by atoms with Gasteiger partial charge in [0.2, 0.25) is 0 Å². The minimum atomic E-state index is -4.51. The highest BCUT2D eigenvalue weighted by Gasteiger charge is 2.33. The van der Waals surface area contributed by atoms with Gasteiger partial charge >= 0.3 is 6.18 Å². The minimum absolute atomic E-state index is 0.225. The molecule has 0 spiro atoms. The average molecular weight is 433 g/mol. The predicted octanol–water partition coefficient (Wildman–Crippen LogP) is 4.49. The zero-order valence-corrected chi connectivity index (χ0v) is 17.5. The Bertz CT molecular complexity index is 1080. The van der Waals surface area contributed by atoms with E-state index in [1.54, 1.807) is 50.4 Å². The van der Waals surface area contributed by atoms with Gasteiger partial charge < -0.3 is 14.4 Å². The van der Waals surface area contributed by atoms with Crippen molar-refractivity contribution < 1.29 is 27.4 Å². The fourth-order valence-electron chi connectivity index (χ4n) is 3.12. The van der Waals surface area contributed by atoms with Crippen LogP contribution in [0.1, 0.15) is 27.2 Å². The van der Waals surface area contributed by atoms with Gasteiger partial charge in [-0.2, -0.15) is 18.3 Å². The minimum Gasteiger partial charge on any atom is -0.493 e. The maximum absolute atomic E-state index is 12.8. The molecule has 2 aromatic carbocycles. The van der Waals surface area contributed by atoms with E-state index in [0.717, 1.165) is 21.9 Å². The Kier molecular flexibility index (Phi) is 6.24. The summed E-state index contributed by atoms with van der Waals surface area (Å²) in [5, 5.41) is 3.53. The molecule has 0 atom stereocenters. The number of hydrogen-bond acceptors (Lipinski definition) is 4. The van der Waals surface area contributed by atoms with Crippen LogP contribution in [0.15, 0.2) is 48.7 Å². The third-order valence-electron chi connectivity index (χ3n) is 4.85. The Balaban J connectivity index is 1.75. The maximum Gasteiger partial charge on any atom is 0.435 e. The van der Waals surface area contributed by atoms with Crippen LogP contribution in [0.2, 0.25) is 0 Å². The van der Waals surface area contributed by atoms with Crippen molar-refractivity contribution >= 4 is 5.91 Å². The normalized spacial score (nSPS) is 11.3. The second-order valence-corrected chi connectivity index (χ2v) is 6.99. The molecular formula is C22H22F3N3O3. The van der Waals surface area contributed by atoms with Crippen molar-refractivity contribution in [2.24, 2.45) is 0 Å². The Labute approximate surface area is 177 Å². The molecule has 0 aliphatic carbocycles. The lowest BCUT2D eigenvalue weighted by Crippen LogP contribution is -2.26. The number of nitrogens with zero attached hydrogens (tertiary/aromatic N) is 3. The van der Waals surface area contributed by atoms with E-state index in [1.807, 2.05) is 19.1 Å². The Hall–Kier alpha value is -3.49. The molecule has 0 N–H and O–H groups in total. The molecule has 0 fully saturated rings. The monoisotopic (exact) mass is 433 g/mol. The molecule has 1 aromatic heterocycles. The molecular weight excluding hydrogens is 411 g/mol. The second-order valence-electron chi connectivity index (χ2n) is 6.99. The number of benzene rings is 2. The van der Waals surface area contributed by atoms with Crippen LogP contribution >= 0.6 is 0 Å². The molecule has 0 unspecified atom stereocenters. The summed E-state index contributed by atoms with van der Waals surface area (Å²) >= 11 is 0. The molecule has 0 saturated carbocycles. The summed E-state index contributed by atoms with van der Waals surface area (Å²) < 4.78 is 49.9.